The van der Waals surface area contributed by atoms with E-state index in [0.717, 1.165) is 23.9 Å². The number of aryl methyl sites for hydroxylation is 1. The van der Waals surface area contributed by atoms with E-state index >= 15 is 0 Å². The number of rotatable bonds is 8. The lowest BCUT2D eigenvalue weighted by atomic mass is 10.1. The number of nitrogens with one attached hydrogen (secondary N) is 1. The van der Waals surface area contributed by atoms with Gasteiger partial charge in [-0.25, -0.2) is 0 Å². The standard InChI is InChI=1S/C21H26N4O2S/c1-16-7-5-6-8-17(16)13-23(2)15-25-21(28)24(3)20(22-25)14-27-19-11-9-18(26-4)10-12-19/h5-12H,13-15H2,1-4H3/p+1. The van der Waals surface area contributed by atoms with Gasteiger partial charge in [-0.3, -0.25) is 0 Å². The predicted molar refractivity (Wildman–Crippen MR) is 111 cm³/mol. The second-order valence-electron chi connectivity index (χ2n) is 6.94. The number of ether oxygens (including phenoxy) is 2. The maximum absolute atomic E-state index is 5.85. The number of quaternary nitrogens is 1. The minimum atomic E-state index is 0.357. The maximum atomic E-state index is 5.85. The number of benzene rings is 2. The lowest BCUT2D eigenvalue weighted by molar-refractivity contribution is -0.917. The Hall–Kier alpha value is -2.64. The van der Waals surface area contributed by atoms with Gasteiger partial charge < -0.3 is 18.9 Å². The van der Waals surface area contributed by atoms with E-state index in [0.29, 0.717) is 18.0 Å². The summed E-state index contributed by atoms with van der Waals surface area (Å²) in [6.45, 7) is 4.12. The van der Waals surface area contributed by atoms with Crippen molar-refractivity contribution in [1.82, 2.24) is 14.3 Å². The molecule has 2 aromatic carbocycles. The van der Waals surface area contributed by atoms with Crippen molar-refractivity contribution in [3.05, 3.63) is 70.3 Å². The SMILES string of the molecule is COc1ccc(OCc2nn(C[NH+](C)Cc3ccccc3C)c(=S)n2C)cc1. The number of nitrogens with zero attached hydrogens (tertiary/aromatic N) is 3. The molecule has 1 heterocycles. The van der Waals surface area contributed by atoms with Crippen molar-refractivity contribution in [3.8, 4) is 11.5 Å². The van der Waals surface area contributed by atoms with Crippen molar-refractivity contribution < 1.29 is 14.4 Å². The number of methoxy groups -OCH3 is 1. The molecule has 1 N–H and O–H groups in total. The van der Waals surface area contributed by atoms with Crippen LogP contribution in [0.5, 0.6) is 11.5 Å². The van der Waals surface area contributed by atoms with Gasteiger partial charge in [-0.15, -0.1) is 5.10 Å². The monoisotopic (exact) mass is 399 g/mol. The average molecular weight is 400 g/mol. The molecule has 7 heteroatoms. The highest BCUT2D eigenvalue weighted by molar-refractivity contribution is 7.71. The summed E-state index contributed by atoms with van der Waals surface area (Å²) in [6, 6.07) is 16.0. The molecular formula is C21H27N4O2S+. The van der Waals surface area contributed by atoms with Crippen LogP contribution in [0.4, 0.5) is 0 Å². The zero-order valence-electron chi connectivity index (χ0n) is 16.8. The van der Waals surface area contributed by atoms with E-state index in [2.05, 4.69) is 43.3 Å². The van der Waals surface area contributed by atoms with Crippen LogP contribution in [0, 0.1) is 11.7 Å². The van der Waals surface area contributed by atoms with Crippen molar-refractivity contribution >= 4 is 12.2 Å². The molecule has 28 heavy (non-hydrogen) atoms. The largest absolute Gasteiger partial charge is 0.497 e. The summed E-state index contributed by atoms with van der Waals surface area (Å²) >= 11 is 5.56. The molecule has 0 saturated carbocycles. The molecule has 0 amide bonds. The summed E-state index contributed by atoms with van der Waals surface area (Å²) in [6.07, 6.45) is 0. The third-order valence-electron chi connectivity index (χ3n) is 4.73. The van der Waals surface area contributed by atoms with Crippen LogP contribution in [0.15, 0.2) is 48.5 Å². The van der Waals surface area contributed by atoms with E-state index < -0.39 is 0 Å². The molecule has 3 aromatic rings. The third kappa shape index (κ3) is 4.79. The first-order chi connectivity index (χ1) is 13.5. The Kier molecular flexibility index (Phi) is 6.49. The number of hydrogen-bond donors (Lipinski definition) is 1. The molecule has 148 valence electrons. The first-order valence-corrected chi connectivity index (χ1v) is 9.64. The van der Waals surface area contributed by atoms with Gasteiger partial charge in [-0.05, 0) is 49.0 Å². The van der Waals surface area contributed by atoms with Gasteiger partial charge in [0.15, 0.2) is 12.5 Å². The molecule has 0 aliphatic carbocycles. The number of hydrogen-bond acceptors (Lipinski definition) is 4. The normalized spacial score (nSPS) is 12.0. The fourth-order valence-electron chi connectivity index (χ4n) is 3.03. The summed E-state index contributed by atoms with van der Waals surface area (Å²) in [5.74, 6) is 2.36. The summed E-state index contributed by atoms with van der Waals surface area (Å²) in [7, 11) is 5.72. The van der Waals surface area contributed by atoms with Gasteiger partial charge in [0.25, 0.3) is 0 Å². The molecule has 1 aromatic heterocycles. The molecule has 0 bridgehead atoms. The third-order valence-corrected chi connectivity index (χ3v) is 5.22. The molecule has 0 aliphatic rings. The quantitative estimate of drug-likeness (QED) is 0.592. The van der Waals surface area contributed by atoms with Crippen molar-refractivity contribution in [3.63, 3.8) is 0 Å². The van der Waals surface area contributed by atoms with Crippen molar-refractivity contribution in [2.45, 2.75) is 26.7 Å². The molecule has 0 radical (unpaired) electrons. The lowest BCUT2D eigenvalue weighted by Gasteiger charge is -2.15. The fourth-order valence-corrected chi connectivity index (χ4v) is 3.24. The van der Waals surface area contributed by atoms with Gasteiger partial charge in [-0.2, -0.15) is 4.68 Å². The van der Waals surface area contributed by atoms with Crippen LogP contribution in [-0.2, 0) is 26.9 Å². The smallest absolute Gasteiger partial charge is 0.202 e. The van der Waals surface area contributed by atoms with Gasteiger partial charge in [-0.1, -0.05) is 24.3 Å². The Labute approximate surface area is 170 Å². The number of aromatic nitrogens is 3. The molecular weight excluding hydrogens is 372 g/mol. The highest BCUT2D eigenvalue weighted by Gasteiger charge is 2.13. The van der Waals surface area contributed by atoms with Gasteiger partial charge in [0, 0.05) is 12.6 Å². The topological polar surface area (TPSA) is 45.6 Å². The first kappa shape index (κ1) is 20.1. The van der Waals surface area contributed by atoms with Crippen molar-refractivity contribution in [1.29, 1.82) is 0 Å². The van der Waals surface area contributed by atoms with E-state index in [1.165, 1.54) is 16.0 Å². The highest BCUT2D eigenvalue weighted by Crippen LogP contribution is 2.18. The van der Waals surface area contributed by atoms with E-state index in [9.17, 15) is 0 Å². The zero-order valence-corrected chi connectivity index (χ0v) is 17.6. The Morgan fingerprint density at radius 3 is 2.43 bits per heavy atom. The second-order valence-corrected chi connectivity index (χ2v) is 7.31. The molecule has 1 unspecified atom stereocenters. The van der Waals surface area contributed by atoms with Gasteiger partial charge in [0.05, 0.1) is 14.2 Å². The maximum Gasteiger partial charge on any atom is 0.202 e. The average Bonchev–Trinajstić information content (AvgIpc) is 2.96. The summed E-state index contributed by atoms with van der Waals surface area (Å²) in [4.78, 5) is 1.31. The Balaban J connectivity index is 1.65. The lowest BCUT2D eigenvalue weighted by Crippen LogP contribution is -3.07. The van der Waals surface area contributed by atoms with Gasteiger partial charge in [0.1, 0.15) is 24.7 Å². The second kappa shape index (κ2) is 9.03. The van der Waals surface area contributed by atoms with Crippen LogP contribution in [0.25, 0.3) is 0 Å². The Morgan fingerprint density at radius 2 is 1.75 bits per heavy atom. The summed E-state index contributed by atoms with van der Waals surface area (Å²) in [5.41, 5.74) is 2.64. The minimum Gasteiger partial charge on any atom is -0.497 e. The molecule has 0 saturated heterocycles. The molecule has 6 nitrogen and oxygen atoms in total. The Bertz CT molecular complexity index is 979. The summed E-state index contributed by atoms with van der Waals surface area (Å²) < 4.78 is 15.5. The van der Waals surface area contributed by atoms with Gasteiger partial charge >= 0.3 is 0 Å². The zero-order chi connectivity index (χ0) is 20.1. The van der Waals surface area contributed by atoms with E-state index in [1.807, 2.05) is 40.6 Å². The van der Waals surface area contributed by atoms with Crippen LogP contribution in [0.1, 0.15) is 17.0 Å². The fraction of sp³-hybridized carbons (Fsp3) is 0.333. The van der Waals surface area contributed by atoms with Crippen LogP contribution >= 0.6 is 12.2 Å². The first-order valence-electron chi connectivity index (χ1n) is 9.23. The van der Waals surface area contributed by atoms with Crippen LogP contribution in [0.2, 0.25) is 0 Å². The van der Waals surface area contributed by atoms with E-state index in [-0.39, 0.29) is 0 Å². The van der Waals surface area contributed by atoms with Crippen LogP contribution in [-0.4, -0.2) is 28.5 Å². The van der Waals surface area contributed by atoms with Gasteiger partial charge in [0.2, 0.25) is 4.77 Å². The molecule has 1 atom stereocenters. The van der Waals surface area contributed by atoms with Crippen LogP contribution in [0.3, 0.4) is 0 Å². The van der Waals surface area contributed by atoms with Crippen molar-refractivity contribution in [2.75, 3.05) is 14.2 Å². The molecule has 0 fully saturated rings. The van der Waals surface area contributed by atoms with Crippen molar-refractivity contribution in [2.24, 2.45) is 7.05 Å². The molecule has 3 rings (SSSR count). The predicted octanol–water partition coefficient (Wildman–Crippen LogP) is 2.52. The van der Waals surface area contributed by atoms with E-state index in [4.69, 9.17) is 21.7 Å². The van der Waals surface area contributed by atoms with E-state index in [1.54, 1.807) is 7.11 Å². The Morgan fingerprint density at radius 1 is 1.07 bits per heavy atom. The highest BCUT2D eigenvalue weighted by atomic mass is 32.1. The molecule has 0 aliphatic heterocycles. The summed E-state index contributed by atoms with van der Waals surface area (Å²) in [5, 5.41) is 4.67. The minimum absolute atomic E-state index is 0.357. The van der Waals surface area contributed by atoms with Crippen LogP contribution < -0.4 is 14.4 Å². The molecule has 0 spiro atoms.